The van der Waals surface area contributed by atoms with Crippen LogP contribution >= 0.6 is 0 Å². The summed E-state index contributed by atoms with van der Waals surface area (Å²) >= 11 is 0. The largest absolute Gasteiger partial charge is 0.353 e. The Kier molecular flexibility index (Phi) is 6.71. The molecule has 3 heterocycles. The van der Waals surface area contributed by atoms with Crippen LogP contribution in [0.1, 0.15) is 69.7 Å². The van der Waals surface area contributed by atoms with Gasteiger partial charge in [-0.05, 0) is 56.1 Å². The van der Waals surface area contributed by atoms with Crippen molar-refractivity contribution >= 4 is 36.0 Å². The van der Waals surface area contributed by atoms with E-state index in [0.717, 1.165) is 72.0 Å². The average Bonchev–Trinajstić information content (AvgIpc) is 3.43. The number of rotatable bonds is 6. The van der Waals surface area contributed by atoms with Gasteiger partial charge >= 0.3 is 0 Å². The lowest BCUT2D eigenvalue weighted by Crippen LogP contribution is -2.41. The second-order valence-corrected chi connectivity index (χ2v) is 17.4. The summed E-state index contributed by atoms with van der Waals surface area (Å²) in [6.45, 7) is 7.39. The zero-order valence-corrected chi connectivity index (χ0v) is 22.3. The lowest BCUT2D eigenvalue weighted by Gasteiger charge is -2.36. The maximum atomic E-state index is 13.2. The topological polar surface area (TPSA) is 99.4 Å². The van der Waals surface area contributed by atoms with Crippen molar-refractivity contribution in [3.8, 4) is 6.07 Å². The Bertz CT molecular complexity index is 1230. The van der Waals surface area contributed by atoms with E-state index in [1.807, 2.05) is 12.4 Å². The molecule has 3 aromatic heterocycles. The van der Waals surface area contributed by atoms with E-state index in [9.17, 15) is 4.79 Å². The minimum absolute atomic E-state index is 0.0782. The molecular formula is C27H38N6OSi. The summed E-state index contributed by atoms with van der Waals surface area (Å²) < 4.78 is 2.33. The second kappa shape index (κ2) is 9.77. The van der Waals surface area contributed by atoms with E-state index in [-0.39, 0.29) is 11.9 Å². The van der Waals surface area contributed by atoms with Crippen LogP contribution in [0, 0.1) is 17.2 Å². The van der Waals surface area contributed by atoms with E-state index < -0.39 is 8.07 Å². The number of aromatic amines is 1. The SMILES string of the molecule is C[Si](C)(C)C1CCC(NC(=O)Cc2nc3cnc4[nH]ccc4c3n2[C@H]2CC[C@H](CC#N)CC2)CC1. The lowest BCUT2D eigenvalue weighted by atomic mass is 9.84. The fourth-order valence-corrected chi connectivity index (χ4v) is 8.49. The van der Waals surface area contributed by atoms with Crippen molar-refractivity contribution in [3.63, 3.8) is 0 Å². The Hall–Kier alpha value is -2.66. The number of H-pyrrole nitrogens is 1. The van der Waals surface area contributed by atoms with Crippen LogP contribution < -0.4 is 5.32 Å². The predicted octanol–water partition coefficient (Wildman–Crippen LogP) is 5.87. The molecule has 2 aliphatic rings. The van der Waals surface area contributed by atoms with Crippen LogP contribution in [0.15, 0.2) is 18.5 Å². The highest BCUT2D eigenvalue weighted by Crippen LogP contribution is 2.39. The van der Waals surface area contributed by atoms with Gasteiger partial charge in [-0.15, -0.1) is 0 Å². The van der Waals surface area contributed by atoms with Gasteiger partial charge in [-0.25, -0.2) is 9.97 Å². The van der Waals surface area contributed by atoms with Crippen LogP contribution in [0.4, 0.5) is 0 Å². The maximum Gasteiger partial charge on any atom is 0.227 e. The fraction of sp³-hybridized carbons (Fsp3) is 0.630. The maximum absolute atomic E-state index is 13.2. The number of imidazole rings is 1. The van der Waals surface area contributed by atoms with Gasteiger partial charge in [0.2, 0.25) is 5.91 Å². The average molecular weight is 491 g/mol. The van der Waals surface area contributed by atoms with Crippen molar-refractivity contribution < 1.29 is 4.79 Å². The monoisotopic (exact) mass is 490 g/mol. The summed E-state index contributed by atoms with van der Waals surface area (Å²) in [5, 5.41) is 13.5. The molecule has 35 heavy (non-hydrogen) atoms. The number of nitriles is 1. The van der Waals surface area contributed by atoms with E-state index in [0.29, 0.717) is 24.8 Å². The first-order chi connectivity index (χ1) is 16.8. The zero-order chi connectivity index (χ0) is 24.6. The van der Waals surface area contributed by atoms with Gasteiger partial charge < -0.3 is 14.9 Å². The highest BCUT2D eigenvalue weighted by molar-refractivity contribution is 6.77. The summed E-state index contributed by atoms with van der Waals surface area (Å²) in [5.74, 6) is 1.40. The molecule has 7 nitrogen and oxygen atoms in total. The third-order valence-electron chi connectivity index (χ3n) is 8.50. The Morgan fingerprint density at radius 1 is 1.17 bits per heavy atom. The molecule has 8 heteroatoms. The Labute approximate surface area is 208 Å². The van der Waals surface area contributed by atoms with E-state index in [1.165, 1.54) is 12.8 Å². The van der Waals surface area contributed by atoms with Gasteiger partial charge in [-0.1, -0.05) is 32.5 Å². The number of nitrogens with one attached hydrogen (secondary N) is 2. The van der Waals surface area contributed by atoms with Crippen LogP contribution in [0.5, 0.6) is 0 Å². The molecule has 0 spiro atoms. The molecule has 0 saturated heterocycles. The number of hydrogen-bond acceptors (Lipinski definition) is 4. The van der Waals surface area contributed by atoms with E-state index in [2.05, 4.69) is 51.6 Å². The quantitative estimate of drug-likeness (QED) is 0.422. The second-order valence-electron chi connectivity index (χ2n) is 11.8. The summed E-state index contributed by atoms with van der Waals surface area (Å²) in [5.41, 5.74) is 3.66. The molecule has 186 valence electrons. The van der Waals surface area contributed by atoms with Gasteiger partial charge in [-0.3, -0.25) is 4.79 Å². The van der Waals surface area contributed by atoms with Crippen molar-refractivity contribution in [2.24, 2.45) is 5.92 Å². The number of amides is 1. The Morgan fingerprint density at radius 3 is 2.60 bits per heavy atom. The minimum Gasteiger partial charge on any atom is -0.353 e. The molecule has 0 atom stereocenters. The molecule has 2 N–H and O–H groups in total. The summed E-state index contributed by atoms with van der Waals surface area (Å²) in [4.78, 5) is 25.9. The van der Waals surface area contributed by atoms with Gasteiger partial charge in [0.25, 0.3) is 0 Å². The van der Waals surface area contributed by atoms with Gasteiger partial charge in [0, 0.05) is 38.2 Å². The van der Waals surface area contributed by atoms with Crippen molar-refractivity contribution in [2.75, 3.05) is 0 Å². The van der Waals surface area contributed by atoms with Crippen molar-refractivity contribution in [1.82, 2.24) is 24.8 Å². The van der Waals surface area contributed by atoms with E-state index in [4.69, 9.17) is 10.2 Å². The smallest absolute Gasteiger partial charge is 0.227 e. The van der Waals surface area contributed by atoms with Crippen LogP contribution in [0.25, 0.3) is 22.1 Å². The van der Waals surface area contributed by atoms with Crippen molar-refractivity contribution in [3.05, 3.63) is 24.3 Å². The molecule has 0 radical (unpaired) electrons. The molecule has 0 aliphatic heterocycles. The standard InChI is InChI=1S/C27H38N6OSi/c1-35(2,3)21-10-6-19(7-11-21)31-25(34)16-24-32-23-17-30-27-22(13-15-29-27)26(23)33(24)20-8-4-18(5-9-20)12-14-28/h13,15,17-21H,4-12,16H2,1-3H3,(H,29,30)(H,31,34)/t18-,19?,20-,21?. The molecule has 1 amide bonds. The molecule has 5 rings (SSSR count). The first-order valence-corrected chi connectivity index (χ1v) is 16.9. The molecule has 0 bridgehead atoms. The van der Waals surface area contributed by atoms with Crippen LogP contribution in [0.3, 0.4) is 0 Å². The fourth-order valence-electron chi connectivity index (χ4n) is 6.42. The number of fused-ring (bicyclic) bond motifs is 3. The molecule has 2 saturated carbocycles. The molecule has 0 aromatic carbocycles. The number of pyridine rings is 1. The number of nitrogens with zero attached hydrogens (tertiary/aromatic N) is 4. The van der Waals surface area contributed by atoms with Gasteiger partial charge in [0.05, 0.1) is 24.2 Å². The predicted molar refractivity (Wildman–Crippen MR) is 142 cm³/mol. The normalized spacial score (nSPS) is 25.5. The molecule has 2 fully saturated rings. The molecule has 0 unspecified atom stereocenters. The summed E-state index contributed by atoms with van der Waals surface area (Å²) in [6, 6.07) is 4.98. The van der Waals surface area contributed by atoms with Crippen LogP contribution in [-0.4, -0.2) is 39.5 Å². The number of carbonyl (C=O) groups excluding carboxylic acids is 1. The third kappa shape index (κ3) is 5.01. The van der Waals surface area contributed by atoms with Gasteiger partial charge in [0.15, 0.2) is 0 Å². The first-order valence-electron chi connectivity index (χ1n) is 13.3. The zero-order valence-electron chi connectivity index (χ0n) is 21.3. The van der Waals surface area contributed by atoms with Crippen LogP contribution in [-0.2, 0) is 11.2 Å². The first kappa shape index (κ1) is 24.0. The van der Waals surface area contributed by atoms with Crippen LogP contribution in [0.2, 0.25) is 25.2 Å². The van der Waals surface area contributed by atoms with E-state index in [1.54, 1.807) is 0 Å². The van der Waals surface area contributed by atoms with Gasteiger partial charge in [-0.2, -0.15) is 5.26 Å². The lowest BCUT2D eigenvalue weighted by molar-refractivity contribution is -0.121. The Morgan fingerprint density at radius 2 is 1.91 bits per heavy atom. The number of aromatic nitrogens is 4. The number of hydrogen-bond donors (Lipinski definition) is 2. The Balaban J connectivity index is 1.36. The summed E-state index contributed by atoms with van der Waals surface area (Å²) in [6.07, 6.45) is 13.5. The van der Waals surface area contributed by atoms with E-state index >= 15 is 0 Å². The third-order valence-corrected chi connectivity index (χ3v) is 11.5. The molecule has 3 aromatic rings. The minimum atomic E-state index is -1.11. The molecular weight excluding hydrogens is 452 g/mol. The van der Waals surface area contributed by atoms with Crippen molar-refractivity contribution in [1.29, 1.82) is 5.26 Å². The highest BCUT2D eigenvalue weighted by Gasteiger charge is 2.32. The highest BCUT2D eigenvalue weighted by atomic mass is 28.3. The summed E-state index contributed by atoms with van der Waals surface area (Å²) in [7, 11) is -1.11. The van der Waals surface area contributed by atoms with Gasteiger partial charge in [0.1, 0.15) is 17.0 Å². The number of carbonyl (C=O) groups is 1. The molecule has 2 aliphatic carbocycles. The van der Waals surface area contributed by atoms with Crippen molar-refractivity contribution in [2.45, 2.75) is 101 Å².